The summed E-state index contributed by atoms with van der Waals surface area (Å²) in [7, 11) is 0. The second-order valence-electron chi connectivity index (χ2n) is 10.1. The van der Waals surface area contributed by atoms with Crippen molar-refractivity contribution in [3.8, 4) is 22.9 Å². The zero-order chi connectivity index (χ0) is 23.9. The summed E-state index contributed by atoms with van der Waals surface area (Å²) in [4.78, 5) is 7.49. The van der Waals surface area contributed by atoms with E-state index in [1.165, 1.54) is 61.8 Å². The highest BCUT2D eigenvalue weighted by atomic mass is 16.7. The summed E-state index contributed by atoms with van der Waals surface area (Å²) in [5.41, 5.74) is 3.77. The molecule has 1 aromatic heterocycles. The number of hydrogen-bond donors (Lipinski definition) is 0. The molecule has 5 nitrogen and oxygen atoms in total. The molecule has 0 saturated heterocycles. The maximum atomic E-state index is 5.65. The van der Waals surface area contributed by atoms with E-state index in [9.17, 15) is 0 Å². The van der Waals surface area contributed by atoms with Gasteiger partial charge in [0, 0.05) is 25.2 Å². The van der Waals surface area contributed by atoms with E-state index in [-0.39, 0.29) is 0 Å². The second-order valence-corrected chi connectivity index (χ2v) is 10.1. The van der Waals surface area contributed by atoms with Crippen LogP contribution in [0.5, 0.6) is 11.5 Å². The normalized spacial score (nSPS) is 15.4. The molecule has 2 heterocycles. The Morgan fingerprint density at radius 1 is 0.971 bits per heavy atom. The van der Waals surface area contributed by atoms with Gasteiger partial charge in [-0.25, -0.2) is 4.98 Å². The van der Waals surface area contributed by atoms with E-state index >= 15 is 0 Å². The van der Waals surface area contributed by atoms with Gasteiger partial charge in [0.15, 0.2) is 11.5 Å². The smallest absolute Gasteiger partial charge is 0.231 e. The summed E-state index contributed by atoms with van der Waals surface area (Å²) < 4.78 is 13.6. The fourth-order valence-electron chi connectivity index (χ4n) is 5.56. The maximum Gasteiger partial charge on any atom is 0.231 e. The Kier molecular flexibility index (Phi) is 8.04. The predicted molar refractivity (Wildman–Crippen MR) is 140 cm³/mol. The minimum absolute atomic E-state index is 0.322. The van der Waals surface area contributed by atoms with Crippen LogP contribution in [0.1, 0.15) is 69.5 Å². The lowest BCUT2D eigenvalue weighted by molar-refractivity contribution is 0.174. The molecule has 1 aliphatic carbocycles. The molecule has 3 aromatic rings. The van der Waals surface area contributed by atoms with Crippen LogP contribution in [-0.4, -0.2) is 27.8 Å². The summed E-state index contributed by atoms with van der Waals surface area (Å²) in [6.07, 6.45) is 12.7. The molecule has 0 bridgehead atoms. The van der Waals surface area contributed by atoms with Crippen LogP contribution in [0.25, 0.3) is 11.4 Å². The van der Waals surface area contributed by atoms with Crippen LogP contribution < -0.4 is 9.47 Å². The summed E-state index contributed by atoms with van der Waals surface area (Å²) in [6, 6.07) is 17.0. The molecule has 0 spiro atoms. The Bertz CT molecular complexity index is 1070. The standard InChI is InChI=1S/C30H39N3O2/c1-2-3-18-33-27(20-31-30(33)26-13-5-4-6-14-26)22-32(17-9-12-24-10-7-8-11-24)21-25-15-16-28-29(19-25)35-23-34-28/h4-6,13-16,19-20,24H,2-3,7-12,17-18,21-23H2,1H3. The van der Waals surface area contributed by atoms with E-state index in [0.717, 1.165) is 55.8 Å². The van der Waals surface area contributed by atoms with Crippen LogP contribution in [0, 0.1) is 5.92 Å². The van der Waals surface area contributed by atoms with Crippen molar-refractivity contribution in [2.75, 3.05) is 13.3 Å². The van der Waals surface area contributed by atoms with Gasteiger partial charge in [0.05, 0.1) is 11.9 Å². The van der Waals surface area contributed by atoms with Crippen molar-refractivity contribution < 1.29 is 9.47 Å². The first-order valence-electron chi connectivity index (χ1n) is 13.5. The van der Waals surface area contributed by atoms with E-state index in [0.29, 0.717) is 6.79 Å². The van der Waals surface area contributed by atoms with Gasteiger partial charge in [-0.1, -0.05) is 75.4 Å². The topological polar surface area (TPSA) is 39.5 Å². The highest BCUT2D eigenvalue weighted by molar-refractivity contribution is 5.55. The molecule has 1 fully saturated rings. The molecule has 5 rings (SSSR count). The van der Waals surface area contributed by atoms with Gasteiger partial charge in [-0.2, -0.15) is 0 Å². The number of imidazole rings is 1. The number of rotatable bonds is 12. The zero-order valence-electron chi connectivity index (χ0n) is 21.1. The van der Waals surface area contributed by atoms with E-state index in [2.05, 4.69) is 65.1 Å². The molecule has 0 amide bonds. The number of hydrogen-bond acceptors (Lipinski definition) is 4. The van der Waals surface area contributed by atoms with Crippen molar-refractivity contribution in [3.05, 3.63) is 66.0 Å². The van der Waals surface area contributed by atoms with E-state index < -0.39 is 0 Å². The number of fused-ring (bicyclic) bond motifs is 1. The summed E-state index contributed by atoms with van der Waals surface area (Å²) in [6.45, 7) is 6.50. The molecule has 1 saturated carbocycles. The average Bonchev–Trinajstić information content (AvgIpc) is 3.64. The molecule has 0 unspecified atom stereocenters. The third kappa shape index (κ3) is 6.07. The molecule has 0 atom stereocenters. The molecule has 2 aliphatic rings. The fraction of sp³-hybridized carbons (Fsp3) is 0.500. The van der Waals surface area contributed by atoms with Gasteiger partial charge in [-0.05, 0) is 49.4 Å². The van der Waals surface area contributed by atoms with E-state index in [1.54, 1.807) is 0 Å². The average molecular weight is 474 g/mol. The van der Waals surface area contributed by atoms with Crippen molar-refractivity contribution in [2.45, 2.75) is 77.9 Å². The van der Waals surface area contributed by atoms with Gasteiger partial charge in [0.2, 0.25) is 6.79 Å². The molecule has 1 aliphatic heterocycles. The number of benzene rings is 2. The van der Waals surface area contributed by atoms with Crippen LogP contribution in [0.2, 0.25) is 0 Å². The lowest BCUT2D eigenvalue weighted by atomic mass is 10.0. The third-order valence-electron chi connectivity index (χ3n) is 7.50. The maximum absolute atomic E-state index is 5.65. The van der Waals surface area contributed by atoms with Gasteiger partial charge in [-0.15, -0.1) is 0 Å². The Labute approximate surface area is 210 Å². The first-order chi connectivity index (χ1) is 17.3. The number of unbranched alkanes of at least 4 members (excludes halogenated alkanes) is 1. The Morgan fingerprint density at radius 3 is 2.63 bits per heavy atom. The second kappa shape index (κ2) is 11.8. The highest BCUT2D eigenvalue weighted by Gasteiger charge is 2.19. The molecule has 0 N–H and O–H groups in total. The Hall–Kier alpha value is -2.79. The van der Waals surface area contributed by atoms with Crippen LogP contribution in [0.15, 0.2) is 54.7 Å². The summed E-state index contributed by atoms with van der Waals surface area (Å²) >= 11 is 0. The van der Waals surface area contributed by atoms with Crippen molar-refractivity contribution >= 4 is 0 Å². The van der Waals surface area contributed by atoms with Gasteiger partial charge >= 0.3 is 0 Å². The highest BCUT2D eigenvalue weighted by Crippen LogP contribution is 2.33. The number of nitrogens with zero attached hydrogens (tertiary/aromatic N) is 3. The first-order valence-corrected chi connectivity index (χ1v) is 13.5. The predicted octanol–water partition coefficient (Wildman–Crippen LogP) is 7.05. The minimum Gasteiger partial charge on any atom is -0.454 e. The van der Waals surface area contributed by atoms with Gasteiger partial charge < -0.3 is 14.0 Å². The molecular weight excluding hydrogens is 434 g/mol. The lowest BCUT2D eigenvalue weighted by Crippen LogP contribution is -2.26. The van der Waals surface area contributed by atoms with Gasteiger partial charge in [-0.3, -0.25) is 4.90 Å². The molecule has 35 heavy (non-hydrogen) atoms. The van der Waals surface area contributed by atoms with Crippen molar-refractivity contribution in [1.82, 2.24) is 14.5 Å². The van der Waals surface area contributed by atoms with Crippen molar-refractivity contribution in [3.63, 3.8) is 0 Å². The van der Waals surface area contributed by atoms with E-state index in [4.69, 9.17) is 14.5 Å². The molecule has 0 radical (unpaired) electrons. The molecule has 5 heteroatoms. The summed E-state index contributed by atoms with van der Waals surface area (Å²) in [5, 5.41) is 0. The molecule has 2 aromatic carbocycles. The van der Waals surface area contributed by atoms with Crippen LogP contribution in [0.4, 0.5) is 0 Å². The van der Waals surface area contributed by atoms with Gasteiger partial charge in [0.25, 0.3) is 0 Å². The lowest BCUT2D eigenvalue weighted by Gasteiger charge is -2.24. The minimum atomic E-state index is 0.322. The SMILES string of the molecule is CCCCn1c(CN(CCCC2CCCC2)Cc2ccc3c(c2)OCO3)cnc1-c1ccccc1. The largest absolute Gasteiger partial charge is 0.454 e. The van der Waals surface area contributed by atoms with Crippen LogP contribution >= 0.6 is 0 Å². The van der Waals surface area contributed by atoms with Crippen LogP contribution in [-0.2, 0) is 19.6 Å². The molecule has 186 valence electrons. The van der Waals surface area contributed by atoms with Crippen molar-refractivity contribution in [1.29, 1.82) is 0 Å². The van der Waals surface area contributed by atoms with E-state index in [1.807, 2.05) is 6.07 Å². The Balaban J connectivity index is 1.35. The molecular formula is C30H39N3O2. The number of aromatic nitrogens is 2. The first kappa shape index (κ1) is 23.9. The van der Waals surface area contributed by atoms with Crippen LogP contribution in [0.3, 0.4) is 0 Å². The fourth-order valence-corrected chi connectivity index (χ4v) is 5.56. The van der Waals surface area contributed by atoms with Crippen molar-refractivity contribution in [2.24, 2.45) is 5.92 Å². The Morgan fingerprint density at radius 2 is 1.80 bits per heavy atom. The monoisotopic (exact) mass is 473 g/mol. The summed E-state index contributed by atoms with van der Waals surface area (Å²) in [5.74, 6) is 3.74. The van der Waals surface area contributed by atoms with Gasteiger partial charge in [0.1, 0.15) is 5.82 Å². The zero-order valence-corrected chi connectivity index (χ0v) is 21.1. The number of ether oxygens (including phenoxy) is 2. The third-order valence-corrected chi connectivity index (χ3v) is 7.50. The quantitative estimate of drug-likeness (QED) is 0.282.